The van der Waals surface area contributed by atoms with Crippen molar-refractivity contribution in [1.82, 2.24) is 4.98 Å². The number of H-pyrrole nitrogens is 1. The highest BCUT2D eigenvalue weighted by atomic mass is 79.9. The van der Waals surface area contributed by atoms with E-state index in [1.807, 2.05) is 0 Å². The van der Waals surface area contributed by atoms with E-state index in [-0.39, 0.29) is 0 Å². The molecule has 0 fully saturated rings. The average Bonchev–Trinajstić information content (AvgIpc) is 1.85. The normalized spacial score (nSPS) is 9.80. The molecular formula is C6H5BrFNO. The Morgan fingerprint density at radius 3 is 2.80 bits per heavy atom. The SMILES string of the molecule is O=c1cc(F)cc(CBr)[nH]1. The van der Waals surface area contributed by atoms with Gasteiger partial charge in [-0.05, 0) is 6.07 Å². The highest BCUT2D eigenvalue weighted by molar-refractivity contribution is 9.08. The fourth-order valence-corrected chi connectivity index (χ4v) is 0.938. The lowest BCUT2D eigenvalue weighted by Gasteiger charge is -1.92. The van der Waals surface area contributed by atoms with Crippen LogP contribution in [0.3, 0.4) is 0 Å². The van der Waals surface area contributed by atoms with Crippen LogP contribution in [-0.4, -0.2) is 4.98 Å². The molecule has 0 bridgehead atoms. The van der Waals surface area contributed by atoms with E-state index in [1.54, 1.807) is 0 Å². The number of pyridine rings is 1. The summed E-state index contributed by atoms with van der Waals surface area (Å²) >= 11 is 3.09. The van der Waals surface area contributed by atoms with Crippen molar-refractivity contribution in [1.29, 1.82) is 0 Å². The average molecular weight is 206 g/mol. The van der Waals surface area contributed by atoms with E-state index >= 15 is 0 Å². The molecule has 0 radical (unpaired) electrons. The van der Waals surface area contributed by atoms with Gasteiger partial charge in [-0.3, -0.25) is 4.79 Å². The van der Waals surface area contributed by atoms with Gasteiger partial charge in [0, 0.05) is 17.1 Å². The smallest absolute Gasteiger partial charge is 0.251 e. The Hall–Kier alpha value is -0.640. The van der Waals surface area contributed by atoms with E-state index in [2.05, 4.69) is 20.9 Å². The Balaban J connectivity index is 3.19. The van der Waals surface area contributed by atoms with Crippen LogP contribution < -0.4 is 5.56 Å². The molecule has 0 unspecified atom stereocenters. The second-order valence-electron chi connectivity index (χ2n) is 1.82. The van der Waals surface area contributed by atoms with Gasteiger partial charge in [-0.1, -0.05) is 15.9 Å². The number of hydrogen-bond acceptors (Lipinski definition) is 1. The van der Waals surface area contributed by atoms with Crippen molar-refractivity contribution in [2.75, 3.05) is 0 Å². The predicted octanol–water partition coefficient (Wildman–Crippen LogP) is 1.41. The van der Waals surface area contributed by atoms with Gasteiger partial charge >= 0.3 is 0 Å². The van der Waals surface area contributed by atoms with Crippen molar-refractivity contribution in [3.63, 3.8) is 0 Å². The summed E-state index contributed by atoms with van der Waals surface area (Å²) in [5.41, 5.74) is 0.138. The van der Waals surface area contributed by atoms with Gasteiger partial charge in [-0.2, -0.15) is 0 Å². The topological polar surface area (TPSA) is 32.9 Å². The Labute approximate surface area is 65.2 Å². The van der Waals surface area contributed by atoms with E-state index in [4.69, 9.17) is 0 Å². The summed E-state index contributed by atoms with van der Waals surface area (Å²) in [4.78, 5) is 13.0. The third-order valence-electron chi connectivity index (χ3n) is 1.01. The Morgan fingerprint density at radius 2 is 2.30 bits per heavy atom. The number of halogens is 2. The molecule has 1 aromatic heterocycles. The number of rotatable bonds is 1. The first kappa shape index (κ1) is 7.47. The van der Waals surface area contributed by atoms with Crippen molar-refractivity contribution in [3.05, 3.63) is 34.0 Å². The molecule has 1 N–H and O–H groups in total. The zero-order valence-electron chi connectivity index (χ0n) is 5.03. The molecule has 0 amide bonds. The van der Waals surface area contributed by atoms with Gasteiger partial charge in [0.05, 0.1) is 0 Å². The number of aromatic amines is 1. The molecule has 10 heavy (non-hydrogen) atoms. The van der Waals surface area contributed by atoms with Gasteiger partial charge in [0.25, 0.3) is 5.56 Å². The molecule has 0 saturated carbocycles. The fourth-order valence-electron chi connectivity index (χ4n) is 0.636. The van der Waals surface area contributed by atoms with E-state index in [0.717, 1.165) is 6.07 Å². The molecule has 0 aliphatic heterocycles. The first-order valence-electron chi connectivity index (χ1n) is 2.67. The largest absolute Gasteiger partial charge is 0.325 e. The molecule has 0 spiro atoms. The molecule has 0 aliphatic carbocycles. The first-order chi connectivity index (χ1) is 4.72. The van der Waals surface area contributed by atoms with Crippen LogP contribution in [0.2, 0.25) is 0 Å². The maximum absolute atomic E-state index is 12.4. The second kappa shape index (κ2) is 2.96. The van der Waals surface area contributed by atoms with Gasteiger partial charge in [-0.25, -0.2) is 4.39 Å². The Bertz CT molecular complexity index is 283. The molecule has 1 rings (SSSR count). The maximum atomic E-state index is 12.4. The number of aromatic nitrogens is 1. The zero-order valence-corrected chi connectivity index (χ0v) is 6.61. The van der Waals surface area contributed by atoms with Crippen LogP contribution in [0, 0.1) is 5.82 Å². The van der Waals surface area contributed by atoms with Crippen LogP contribution in [0.25, 0.3) is 0 Å². The molecule has 0 aliphatic rings. The van der Waals surface area contributed by atoms with Crippen molar-refractivity contribution >= 4 is 15.9 Å². The van der Waals surface area contributed by atoms with Gasteiger partial charge in [0.1, 0.15) is 5.82 Å². The molecule has 0 aromatic carbocycles. The molecule has 0 saturated heterocycles. The van der Waals surface area contributed by atoms with Crippen molar-refractivity contribution < 1.29 is 4.39 Å². The quantitative estimate of drug-likeness (QED) is 0.692. The lowest BCUT2D eigenvalue weighted by molar-refractivity contribution is 0.621. The summed E-state index contributed by atoms with van der Waals surface area (Å²) in [7, 11) is 0. The summed E-state index contributed by atoms with van der Waals surface area (Å²) < 4.78 is 12.4. The molecule has 54 valence electrons. The number of hydrogen-bond donors (Lipinski definition) is 1. The standard InChI is InChI=1S/C6H5BrFNO/c7-3-5-1-4(8)2-6(10)9-5/h1-2H,3H2,(H,9,10). The molecule has 1 heterocycles. The first-order valence-corrected chi connectivity index (χ1v) is 3.79. The van der Waals surface area contributed by atoms with E-state index < -0.39 is 11.4 Å². The minimum absolute atomic E-state index is 0.408. The van der Waals surface area contributed by atoms with Crippen LogP contribution in [0.1, 0.15) is 5.69 Å². The fraction of sp³-hybridized carbons (Fsp3) is 0.167. The third-order valence-corrected chi connectivity index (χ3v) is 1.61. The highest BCUT2D eigenvalue weighted by Gasteiger charge is 1.94. The van der Waals surface area contributed by atoms with Crippen LogP contribution in [0.15, 0.2) is 16.9 Å². The molecule has 1 aromatic rings. The van der Waals surface area contributed by atoms with Crippen LogP contribution >= 0.6 is 15.9 Å². The predicted molar refractivity (Wildman–Crippen MR) is 39.7 cm³/mol. The summed E-state index contributed by atoms with van der Waals surface area (Å²) in [5.74, 6) is -0.502. The van der Waals surface area contributed by atoms with Crippen LogP contribution in [0.5, 0.6) is 0 Å². The highest BCUT2D eigenvalue weighted by Crippen LogP contribution is 2.00. The minimum atomic E-state index is -0.502. The van der Waals surface area contributed by atoms with E-state index in [0.29, 0.717) is 11.0 Å². The molecule has 0 atom stereocenters. The Kier molecular flexibility index (Phi) is 2.21. The minimum Gasteiger partial charge on any atom is -0.325 e. The van der Waals surface area contributed by atoms with Crippen molar-refractivity contribution in [2.24, 2.45) is 0 Å². The number of nitrogens with one attached hydrogen (secondary N) is 1. The third kappa shape index (κ3) is 1.67. The van der Waals surface area contributed by atoms with Gasteiger partial charge in [0.2, 0.25) is 0 Å². The van der Waals surface area contributed by atoms with E-state index in [1.165, 1.54) is 6.07 Å². The Morgan fingerprint density at radius 1 is 1.60 bits per heavy atom. The van der Waals surface area contributed by atoms with Crippen LogP contribution in [-0.2, 0) is 5.33 Å². The summed E-state index contributed by atoms with van der Waals surface area (Å²) in [6.07, 6.45) is 0. The van der Waals surface area contributed by atoms with Crippen LogP contribution in [0.4, 0.5) is 4.39 Å². The molecule has 2 nitrogen and oxygen atoms in total. The van der Waals surface area contributed by atoms with E-state index in [9.17, 15) is 9.18 Å². The second-order valence-corrected chi connectivity index (χ2v) is 2.38. The summed E-state index contributed by atoms with van der Waals surface area (Å²) in [6.45, 7) is 0. The zero-order chi connectivity index (χ0) is 7.56. The number of alkyl halides is 1. The van der Waals surface area contributed by atoms with Crippen molar-refractivity contribution in [2.45, 2.75) is 5.33 Å². The van der Waals surface area contributed by atoms with Gasteiger partial charge in [-0.15, -0.1) is 0 Å². The lowest BCUT2D eigenvalue weighted by Crippen LogP contribution is -2.07. The molecular weight excluding hydrogens is 201 g/mol. The molecule has 4 heteroatoms. The monoisotopic (exact) mass is 205 g/mol. The van der Waals surface area contributed by atoms with Gasteiger partial charge < -0.3 is 4.98 Å². The lowest BCUT2D eigenvalue weighted by atomic mass is 10.4. The summed E-state index contributed by atoms with van der Waals surface area (Å²) in [6, 6.07) is 2.18. The van der Waals surface area contributed by atoms with Crippen molar-refractivity contribution in [3.8, 4) is 0 Å². The summed E-state index contributed by atoms with van der Waals surface area (Å²) in [5, 5.41) is 0.458. The maximum Gasteiger partial charge on any atom is 0.251 e. The van der Waals surface area contributed by atoms with Gasteiger partial charge in [0.15, 0.2) is 0 Å².